The monoisotopic (exact) mass is 391 g/mol. The minimum Gasteiger partial charge on any atom is -0.481 e. The van der Waals surface area contributed by atoms with E-state index in [9.17, 15) is 13.6 Å². The third kappa shape index (κ3) is 3.33. The van der Waals surface area contributed by atoms with Crippen LogP contribution in [0.4, 0.5) is 8.78 Å². The molecule has 1 aromatic rings. The summed E-state index contributed by atoms with van der Waals surface area (Å²) in [5, 5.41) is 8.54. The van der Waals surface area contributed by atoms with Crippen molar-refractivity contribution in [3.8, 4) is 0 Å². The molecule has 0 aromatic carbocycles. The van der Waals surface area contributed by atoms with Crippen LogP contribution < -0.4 is 0 Å². The molecule has 0 bridgehead atoms. The van der Waals surface area contributed by atoms with Gasteiger partial charge in [-0.3, -0.25) is 4.79 Å². The molecule has 0 unspecified atom stereocenters. The molecule has 1 heterocycles. The Morgan fingerprint density at radius 3 is 2.73 bits per heavy atom. The predicted molar refractivity (Wildman–Crippen MR) is 61.0 cm³/mol. The molecule has 3 nitrogen and oxygen atoms in total. The van der Waals surface area contributed by atoms with Crippen molar-refractivity contribution in [1.29, 1.82) is 0 Å². The summed E-state index contributed by atoms with van der Waals surface area (Å²) in [6, 6.07) is 1.37. The molecule has 0 aliphatic carbocycles. The minimum atomic E-state index is -2.76. The van der Waals surface area contributed by atoms with E-state index in [0.29, 0.717) is 8.17 Å². The van der Waals surface area contributed by atoms with Crippen molar-refractivity contribution in [2.45, 2.75) is 12.8 Å². The maximum Gasteiger partial charge on any atom is 0.307 e. The molecule has 1 rings (SSSR count). The molecule has 82 valence electrons. The van der Waals surface area contributed by atoms with Crippen LogP contribution in [-0.4, -0.2) is 16.1 Å². The lowest BCUT2D eigenvalue weighted by molar-refractivity contribution is -0.136. The molecule has 1 aromatic heterocycles. The van der Waals surface area contributed by atoms with E-state index in [4.69, 9.17) is 5.11 Å². The number of carboxylic acid groups (broad SMARTS) is 1. The summed E-state index contributed by atoms with van der Waals surface area (Å²) in [5.74, 6) is -1.16. The minimum absolute atomic E-state index is 0.0322. The van der Waals surface area contributed by atoms with Crippen LogP contribution >= 0.6 is 38.5 Å². The molecule has 0 radical (unpaired) electrons. The quantitative estimate of drug-likeness (QED) is 0.636. The number of alkyl halides is 2. The fourth-order valence-electron chi connectivity index (χ4n) is 1.01. The van der Waals surface area contributed by atoms with Crippen LogP contribution in [0.3, 0.4) is 0 Å². The SMILES string of the molecule is O=C(O)Cc1cc(Br)c(I)nc1C(F)F. The van der Waals surface area contributed by atoms with Crippen LogP contribution in [0.2, 0.25) is 0 Å². The molecule has 0 saturated carbocycles. The van der Waals surface area contributed by atoms with E-state index in [2.05, 4.69) is 20.9 Å². The van der Waals surface area contributed by atoms with Crippen molar-refractivity contribution < 1.29 is 18.7 Å². The number of hydrogen-bond acceptors (Lipinski definition) is 2. The number of pyridine rings is 1. The summed E-state index contributed by atoms with van der Waals surface area (Å²) < 4.78 is 25.9. The summed E-state index contributed by atoms with van der Waals surface area (Å²) in [4.78, 5) is 14.1. The van der Waals surface area contributed by atoms with Gasteiger partial charge in [0.15, 0.2) is 0 Å². The Bertz CT molecular complexity index is 400. The van der Waals surface area contributed by atoms with Gasteiger partial charge in [-0.15, -0.1) is 0 Å². The smallest absolute Gasteiger partial charge is 0.307 e. The third-order valence-electron chi connectivity index (χ3n) is 1.59. The lowest BCUT2D eigenvalue weighted by atomic mass is 10.1. The maximum absolute atomic E-state index is 12.5. The number of aromatic nitrogens is 1. The highest BCUT2D eigenvalue weighted by atomic mass is 127. The normalized spacial score (nSPS) is 10.7. The Kier molecular flexibility index (Phi) is 4.38. The third-order valence-corrected chi connectivity index (χ3v) is 3.76. The highest BCUT2D eigenvalue weighted by Crippen LogP contribution is 2.27. The first-order valence-corrected chi connectivity index (χ1v) is 5.63. The zero-order chi connectivity index (χ0) is 11.6. The van der Waals surface area contributed by atoms with Crippen LogP contribution in [-0.2, 0) is 11.2 Å². The second-order valence-electron chi connectivity index (χ2n) is 2.68. The molecular weight excluding hydrogens is 387 g/mol. The van der Waals surface area contributed by atoms with Crippen molar-refractivity contribution in [2.75, 3.05) is 0 Å². The Labute approximate surface area is 106 Å². The average molecular weight is 392 g/mol. The molecule has 0 aliphatic heterocycles. The molecule has 0 aliphatic rings. The van der Waals surface area contributed by atoms with E-state index < -0.39 is 24.5 Å². The van der Waals surface area contributed by atoms with E-state index in [1.54, 1.807) is 22.6 Å². The second-order valence-corrected chi connectivity index (χ2v) is 4.55. The molecule has 0 saturated heterocycles. The number of carboxylic acids is 1. The zero-order valence-corrected chi connectivity index (χ0v) is 10.9. The van der Waals surface area contributed by atoms with E-state index in [1.165, 1.54) is 6.07 Å². The van der Waals surface area contributed by atoms with Gasteiger partial charge in [-0.25, -0.2) is 13.8 Å². The summed E-state index contributed by atoms with van der Waals surface area (Å²) in [6.45, 7) is 0. The van der Waals surface area contributed by atoms with Gasteiger partial charge >= 0.3 is 5.97 Å². The van der Waals surface area contributed by atoms with Crippen molar-refractivity contribution in [3.05, 3.63) is 25.5 Å². The zero-order valence-electron chi connectivity index (χ0n) is 7.18. The summed E-state index contributed by atoms with van der Waals surface area (Å²) in [5.41, 5.74) is -0.435. The first-order valence-electron chi connectivity index (χ1n) is 3.76. The van der Waals surface area contributed by atoms with Gasteiger partial charge in [0.2, 0.25) is 0 Å². The second kappa shape index (κ2) is 5.15. The number of carbonyl (C=O) groups is 1. The Morgan fingerprint density at radius 1 is 1.67 bits per heavy atom. The van der Waals surface area contributed by atoms with Crippen molar-refractivity contribution in [1.82, 2.24) is 4.98 Å². The summed E-state index contributed by atoms with van der Waals surface area (Å²) >= 11 is 4.91. The van der Waals surface area contributed by atoms with Crippen LogP contribution in [0.15, 0.2) is 10.5 Å². The summed E-state index contributed by atoms with van der Waals surface area (Å²) in [6.07, 6.45) is -3.22. The van der Waals surface area contributed by atoms with Crippen LogP contribution in [0.1, 0.15) is 17.7 Å². The largest absolute Gasteiger partial charge is 0.481 e. The van der Waals surface area contributed by atoms with Crippen molar-refractivity contribution in [3.63, 3.8) is 0 Å². The van der Waals surface area contributed by atoms with Gasteiger partial charge in [-0.2, -0.15) is 0 Å². The highest BCUT2D eigenvalue weighted by Gasteiger charge is 2.18. The number of rotatable bonds is 3. The van der Waals surface area contributed by atoms with Gasteiger partial charge in [0.25, 0.3) is 6.43 Å². The molecule has 7 heteroatoms. The Morgan fingerprint density at radius 2 is 2.27 bits per heavy atom. The molecule has 0 amide bonds. The van der Waals surface area contributed by atoms with Crippen LogP contribution in [0.5, 0.6) is 0 Å². The fraction of sp³-hybridized carbons (Fsp3) is 0.250. The Balaban J connectivity index is 3.21. The highest BCUT2D eigenvalue weighted by molar-refractivity contribution is 14.1. The summed E-state index contributed by atoms with van der Waals surface area (Å²) in [7, 11) is 0. The van der Waals surface area contributed by atoms with E-state index in [-0.39, 0.29) is 5.56 Å². The predicted octanol–water partition coefficient (Wildman–Crippen LogP) is 3.01. The van der Waals surface area contributed by atoms with Gasteiger partial charge < -0.3 is 5.11 Å². The van der Waals surface area contributed by atoms with E-state index in [0.717, 1.165) is 0 Å². The molecule has 0 fully saturated rings. The number of aliphatic carboxylic acids is 1. The first-order chi connectivity index (χ1) is 6.91. The first kappa shape index (κ1) is 12.8. The molecular formula is C8H5BrF2INO2. The van der Waals surface area contributed by atoms with Gasteiger partial charge in [-0.1, -0.05) is 0 Å². The topological polar surface area (TPSA) is 50.2 Å². The van der Waals surface area contributed by atoms with Crippen LogP contribution in [0.25, 0.3) is 0 Å². The van der Waals surface area contributed by atoms with Gasteiger partial charge in [0.05, 0.1) is 6.42 Å². The maximum atomic E-state index is 12.5. The molecule has 0 spiro atoms. The van der Waals surface area contributed by atoms with Gasteiger partial charge in [0, 0.05) is 4.47 Å². The number of nitrogens with zero attached hydrogens (tertiary/aromatic N) is 1. The standard InChI is InChI=1S/C8H5BrF2INO2/c9-4-1-3(2-5(14)15)6(7(10)11)13-8(4)12/h1,7H,2H2,(H,14,15). The fourth-order valence-corrected chi connectivity index (χ4v) is 1.79. The number of hydrogen-bond donors (Lipinski definition) is 1. The average Bonchev–Trinajstić information content (AvgIpc) is 2.09. The van der Waals surface area contributed by atoms with E-state index >= 15 is 0 Å². The van der Waals surface area contributed by atoms with Gasteiger partial charge in [-0.05, 0) is 50.2 Å². The number of halogens is 4. The lowest BCUT2D eigenvalue weighted by Crippen LogP contribution is -2.07. The van der Waals surface area contributed by atoms with Crippen molar-refractivity contribution in [2.24, 2.45) is 0 Å². The molecule has 15 heavy (non-hydrogen) atoms. The van der Waals surface area contributed by atoms with Crippen LogP contribution in [0, 0.1) is 3.70 Å². The molecule has 0 atom stereocenters. The Hall–Kier alpha value is -0.310. The van der Waals surface area contributed by atoms with E-state index in [1.807, 2.05) is 0 Å². The van der Waals surface area contributed by atoms with Gasteiger partial charge in [0.1, 0.15) is 9.39 Å². The molecule has 1 N–H and O–H groups in total. The lowest BCUT2D eigenvalue weighted by Gasteiger charge is -2.07. The van der Waals surface area contributed by atoms with Crippen molar-refractivity contribution >= 4 is 44.5 Å².